The van der Waals surface area contributed by atoms with E-state index in [-0.39, 0.29) is 39.8 Å². The second-order valence-electron chi connectivity index (χ2n) is 5.28. The highest BCUT2D eigenvalue weighted by Crippen LogP contribution is 2.09. The molecule has 0 aliphatic carbocycles. The highest BCUT2D eigenvalue weighted by Gasteiger charge is 2.18. The zero-order valence-corrected chi connectivity index (χ0v) is 14.2. The number of carbonyl (C=O) groups is 2. The molecule has 0 amide bonds. The Balaban J connectivity index is -0.00000220. The molecule has 0 aromatic rings. The normalized spacial score (nSPS) is 11.9. The second-order valence-corrected chi connectivity index (χ2v) is 5.28. The van der Waals surface area contributed by atoms with Crippen LogP contribution < -0.4 is 0 Å². The Labute approximate surface area is 148 Å². The van der Waals surface area contributed by atoms with E-state index in [4.69, 9.17) is 9.47 Å². The van der Waals surface area contributed by atoms with E-state index in [1.165, 1.54) is 0 Å². The smallest absolute Gasteiger partial charge is 0.309 e. The van der Waals surface area contributed by atoms with Crippen molar-refractivity contribution in [3.8, 4) is 0 Å². The molecule has 0 aromatic heterocycles. The van der Waals surface area contributed by atoms with E-state index in [0.29, 0.717) is 12.8 Å². The fraction of sp³-hybridized carbons (Fsp3) is 0.684. The van der Waals surface area contributed by atoms with Crippen LogP contribution in [-0.4, -0.2) is 50.2 Å². The molecular weight excluding hydrogens is 306 g/mol. The first-order chi connectivity index (χ1) is 10.5. The van der Waals surface area contributed by atoms with Crippen LogP contribution in [0.2, 0.25) is 0 Å². The van der Waals surface area contributed by atoms with Crippen molar-refractivity contribution in [1.82, 2.24) is 4.90 Å². The summed E-state index contributed by atoms with van der Waals surface area (Å²) in [6, 6.07) is 0. The molecule has 0 radical (unpaired) electrons. The molecule has 0 aromatic carbocycles. The molecule has 0 fully saturated rings. The third-order valence-corrected chi connectivity index (χ3v) is 2.89. The van der Waals surface area contributed by atoms with Gasteiger partial charge in [0, 0.05) is 12.8 Å². The summed E-state index contributed by atoms with van der Waals surface area (Å²) in [6.45, 7) is 4.83. The Hall–Kier alpha value is -1.62. The molecule has 0 aliphatic rings. The average Bonchev–Trinajstić information content (AvgIpc) is 2.44. The highest BCUT2D eigenvalue weighted by molar-refractivity contribution is 5.72. The van der Waals surface area contributed by atoms with E-state index >= 15 is 0 Å². The number of ether oxygens (including phenoxy) is 2. The topological polar surface area (TPSA) is 55.8 Å². The van der Waals surface area contributed by atoms with Crippen LogP contribution in [0.4, 0.5) is 0 Å². The molecule has 142 valence electrons. The molecule has 5 heteroatoms. The summed E-state index contributed by atoms with van der Waals surface area (Å²) in [5.41, 5.74) is 0. The predicted octanol–water partition coefficient (Wildman–Crippen LogP) is 3.99. The van der Waals surface area contributed by atoms with Gasteiger partial charge in [-0.2, -0.15) is 0 Å². The summed E-state index contributed by atoms with van der Waals surface area (Å²) in [5.74, 6) is -0.619. The predicted molar refractivity (Wildman–Crippen MR) is 101 cm³/mol. The summed E-state index contributed by atoms with van der Waals surface area (Å²) in [4.78, 5) is 25.5. The minimum atomic E-state index is -0.457. The minimum Gasteiger partial charge on any atom is -0.461 e. The van der Waals surface area contributed by atoms with Crippen LogP contribution >= 0.6 is 0 Å². The lowest BCUT2D eigenvalue weighted by Gasteiger charge is -2.16. The lowest BCUT2D eigenvalue weighted by atomic mass is 10.1. The molecular formula is C19H37NO4. The monoisotopic (exact) mass is 343 g/mol. The fourth-order valence-electron chi connectivity index (χ4n) is 1.73. The van der Waals surface area contributed by atoms with Gasteiger partial charge in [0.25, 0.3) is 0 Å². The van der Waals surface area contributed by atoms with Crippen molar-refractivity contribution < 1.29 is 19.1 Å². The summed E-state index contributed by atoms with van der Waals surface area (Å²) < 4.78 is 10.4. The van der Waals surface area contributed by atoms with Crippen molar-refractivity contribution in [1.29, 1.82) is 0 Å². The summed E-state index contributed by atoms with van der Waals surface area (Å²) in [6.07, 6.45) is 8.58. The summed E-state index contributed by atoms with van der Waals surface area (Å²) in [7, 11) is 3.92. The van der Waals surface area contributed by atoms with Gasteiger partial charge in [-0.05, 0) is 40.9 Å². The van der Waals surface area contributed by atoms with E-state index in [2.05, 4.69) is 0 Å². The van der Waals surface area contributed by atoms with Gasteiger partial charge in [-0.15, -0.1) is 0 Å². The van der Waals surface area contributed by atoms with Crippen LogP contribution in [0.3, 0.4) is 0 Å². The van der Waals surface area contributed by atoms with Gasteiger partial charge in [0.2, 0.25) is 0 Å². The van der Waals surface area contributed by atoms with Crippen LogP contribution in [0.15, 0.2) is 24.3 Å². The number of allylic oxidation sites excluding steroid dienone is 2. The lowest BCUT2D eigenvalue weighted by Crippen LogP contribution is -2.23. The molecule has 0 saturated carbocycles. The third kappa shape index (κ3) is 16.7. The summed E-state index contributed by atoms with van der Waals surface area (Å²) in [5, 5.41) is 0. The van der Waals surface area contributed by atoms with Crippen LogP contribution in [0.25, 0.3) is 0 Å². The van der Waals surface area contributed by atoms with Crippen molar-refractivity contribution >= 4 is 11.9 Å². The molecule has 0 bridgehead atoms. The Morgan fingerprint density at radius 1 is 1.04 bits per heavy atom. The van der Waals surface area contributed by atoms with Crippen LogP contribution in [0.1, 0.15) is 54.4 Å². The molecule has 5 nitrogen and oxygen atoms in total. The molecule has 0 saturated heterocycles. The highest BCUT2D eigenvalue weighted by atomic mass is 16.6. The van der Waals surface area contributed by atoms with E-state index in [1.807, 2.05) is 51.1 Å². The van der Waals surface area contributed by atoms with Gasteiger partial charge in [-0.3, -0.25) is 9.59 Å². The van der Waals surface area contributed by atoms with Crippen LogP contribution in [0, 0.1) is 0 Å². The maximum Gasteiger partial charge on any atom is 0.309 e. The third-order valence-electron chi connectivity index (χ3n) is 2.89. The number of carbonyl (C=O) groups excluding carboxylic acids is 2. The Bertz CT molecular complexity index is 376. The van der Waals surface area contributed by atoms with Gasteiger partial charge in [-0.1, -0.05) is 39.2 Å². The van der Waals surface area contributed by atoms with Gasteiger partial charge in [0.05, 0.1) is 6.42 Å². The van der Waals surface area contributed by atoms with Gasteiger partial charge in [-0.25, -0.2) is 0 Å². The number of esters is 2. The van der Waals surface area contributed by atoms with Gasteiger partial charge in [0.15, 0.2) is 0 Å². The largest absolute Gasteiger partial charge is 0.461 e. The Kier molecular flexibility index (Phi) is 20.1. The van der Waals surface area contributed by atoms with Crippen molar-refractivity contribution in [2.24, 2.45) is 0 Å². The minimum absolute atomic E-state index is 0. The maximum absolute atomic E-state index is 11.8. The number of hydrogen-bond donors (Lipinski definition) is 0. The van der Waals surface area contributed by atoms with E-state index in [9.17, 15) is 9.59 Å². The average molecular weight is 344 g/mol. The van der Waals surface area contributed by atoms with Crippen molar-refractivity contribution in [2.75, 3.05) is 27.2 Å². The maximum atomic E-state index is 11.8. The molecule has 1 atom stereocenters. The van der Waals surface area contributed by atoms with E-state index in [1.54, 1.807) is 6.08 Å². The lowest BCUT2D eigenvalue weighted by molar-refractivity contribution is -0.154. The zero-order chi connectivity index (χ0) is 16.8. The first kappa shape index (κ1) is 27.2. The van der Waals surface area contributed by atoms with E-state index < -0.39 is 6.10 Å². The van der Waals surface area contributed by atoms with Gasteiger partial charge in [0.1, 0.15) is 12.7 Å². The molecule has 0 spiro atoms. The molecule has 1 unspecified atom stereocenters. The standard InChI is InChI=1S/C17H29NO4.2CH4/c1-5-7-10-15(14-17(20)21-13-8-6-2)22-16(19)11-9-12-18(3)4;;/h5-8,15H,9-14H2,1-4H3;2*1H4/b7-5-,8-6-;;. The van der Waals surface area contributed by atoms with Crippen molar-refractivity contribution in [2.45, 2.75) is 60.5 Å². The first-order valence-corrected chi connectivity index (χ1v) is 7.71. The molecule has 0 N–H and O–H groups in total. The zero-order valence-electron chi connectivity index (χ0n) is 14.2. The number of nitrogens with zero attached hydrogens (tertiary/aromatic N) is 1. The molecule has 24 heavy (non-hydrogen) atoms. The fourth-order valence-corrected chi connectivity index (χ4v) is 1.73. The van der Waals surface area contributed by atoms with Crippen LogP contribution in [0.5, 0.6) is 0 Å². The summed E-state index contributed by atoms with van der Waals surface area (Å²) >= 11 is 0. The van der Waals surface area contributed by atoms with Gasteiger partial charge < -0.3 is 14.4 Å². The number of rotatable bonds is 11. The van der Waals surface area contributed by atoms with Gasteiger partial charge >= 0.3 is 11.9 Å². The molecule has 0 rings (SSSR count). The quantitative estimate of drug-likeness (QED) is 0.419. The SMILES string of the molecule is C.C.C/C=C\COC(=O)CC(C/C=C\C)OC(=O)CCCN(C)C. The molecule has 0 heterocycles. The van der Waals surface area contributed by atoms with E-state index in [0.717, 1.165) is 13.0 Å². The van der Waals surface area contributed by atoms with Crippen molar-refractivity contribution in [3.63, 3.8) is 0 Å². The Morgan fingerprint density at radius 2 is 1.67 bits per heavy atom. The first-order valence-electron chi connectivity index (χ1n) is 7.71. The number of hydrogen-bond acceptors (Lipinski definition) is 5. The Morgan fingerprint density at radius 3 is 2.21 bits per heavy atom. The molecule has 0 aliphatic heterocycles. The van der Waals surface area contributed by atoms with Crippen molar-refractivity contribution in [3.05, 3.63) is 24.3 Å². The van der Waals surface area contributed by atoms with Crippen LogP contribution in [-0.2, 0) is 19.1 Å². The second kappa shape index (κ2) is 17.7.